The minimum absolute atomic E-state index is 0.139. The second-order valence-electron chi connectivity index (χ2n) is 6.96. The Morgan fingerprint density at radius 2 is 1.84 bits per heavy atom. The maximum Gasteiger partial charge on any atom is 0.251 e. The molecule has 31 heavy (non-hydrogen) atoms. The van der Waals surface area contributed by atoms with E-state index in [1.54, 1.807) is 11.3 Å². The summed E-state index contributed by atoms with van der Waals surface area (Å²) in [6.45, 7) is 0.765. The third kappa shape index (κ3) is 5.38. The Morgan fingerprint density at radius 1 is 1.00 bits per heavy atom. The van der Waals surface area contributed by atoms with Gasteiger partial charge < -0.3 is 9.72 Å². The number of thiophene rings is 1. The number of amides is 1. The van der Waals surface area contributed by atoms with Gasteiger partial charge >= 0.3 is 0 Å². The first kappa shape index (κ1) is 21.2. The van der Waals surface area contributed by atoms with Gasteiger partial charge in [0, 0.05) is 42.3 Å². The average Bonchev–Trinajstić information content (AvgIpc) is 3.43. The lowest BCUT2D eigenvalue weighted by Crippen LogP contribution is -2.27. The zero-order valence-corrected chi connectivity index (χ0v) is 18.3. The van der Waals surface area contributed by atoms with E-state index in [0.29, 0.717) is 31.5 Å². The van der Waals surface area contributed by atoms with Crippen molar-refractivity contribution in [3.05, 3.63) is 88.5 Å². The highest BCUT2D eigenvalue weighted by Crippen LogP contribution is 2.12. The molecule has 0 aliphatic heterocycles. The van der Waals surface area contributed by atoms with E-state index >= 15 is 0 Å². The first-order valence-corrected chi connectivity index (χ1v) is 12.2. The van der Waals surface area contributed by atoms with Crippen molar-refractivity contribution >= 4 is 32.9 Å². The lowest BCUT2D eigenvalue weighted by Gasteiger charge is -2.08. The van der Waals surface area contributed by atoms with Crippen LogP contribution in [0.2, 0.25) is 0 Å². The Morgan fingerprint density at radius 3 is 2.58 bits per heavy atom. The summed E-state index contributed by atoms with van der Waals surface area (Å²) in [6, 6.07) is 15.6. The van der Waals surface area contributed by atoms with Crippen LogP contribution in [0.5, 0.6) is 0 Å². The molecule has 0 aliphatic carbocycles. The van der Waals surface area contributed by atoms with Crippen molar-refractivity contribution in [3.8, 4) is 0 Å². The zero-order chi connectivity index (χ0) is 21.7. The van der Waals surface area contributed by atoms with E-state index < -0.39 is 10.0 Å². The van der Waals surface area contributed by atoms with Crippen LogP contribution in [-0.2, 0) is 22.9 Å². The number of rotatable bonds is 9. The Balaban J connectivity index is 1.28. The summed E-state index contributed by atoms with van der Waals surface area (Å²) in [5.74, 6) is -0.252. The summed E-state index contributed by atoms with van der Waals surface area (Å²) < 4.78 is 29.4. The van der Waals surface area contributed by atoms with Crippen LogP contribution in [0.3, 0.4) is 0 Å². The van der Waals surface area contributed by atoms with Crippen LogP contribution in [0.4, 0.5) is 0 Å². The highest BCUT2D eigenvalue weighted by Gasteiger charge is 2.15. The Labute approximate surface area is 184 Å². The van der Waals surface area contributed by atoms with Crippen molar-refractivity contribution in [3.63, 3.8) is 0 Å². The lowest BCUT2D eigenvalue weighted by atomic mass is 10.2. The van der Waals surface area contributed by atoms with Gasteiger partial charge in [0.1, 0.15) is 5.65 Å². The lowest BCUT2D eigenvalue weighted by molar-refractivity contribution is 0.0954. The topological polar surface area (TPSA) is 92.6 Å². The molecule has 4 rings (SSSR count). The monoisotopic (exact) mass is 454 g/mol. The normalized spacial score (nSPS) is 11.6. The number of fused-ring (bicyclic) bond motifs is 1. The first-order chi connectivity index (χ1) is 15.0. The van der Waals surface area contributed by atoms with Crippen molar-refractivity contribution < 1.29 is 13.2 Å². The summed E-state index contributed by atoms with van der Waals surface area (Å²) in [5, 5.41) is 4.81. The molecule has 0 fully saturated rings. The predicted octanol–water partition coefficient (Wildman–Crippen LogP) is 2.89. The molecule has 0 aliphatic rings. The van der Waals surface area contributed by atoms with Crippen LogP contribution in [-0.4, -0.2) is 36.8 Å². The maximum absolute atomic E-state index is 12.4. The van der Waals surface area contributed by atoms with Gasteiger partial charge in [-0.1, -0.05) is 12.1 Å². The van der Waals surface area contributed by atoms with E-state index in [4.69, 9.17) is 0 Å². The number of nitrogens with zero attached hydrogens (tertiary/aromatic N) is 2. The third-order valence-electron chi connectivity index (χ3n) is 4.75. The first-order valence-electron chi connectivity index (χ1n) is 9.84. The van der Waals surface area contributed by atoms with Crippen LogP contribution < -0.4 is 10.0 Å². The van der Waals surface area contributed by atoms with Gasteiger partial charge in [-0.05, 0) is 54.3 Å². The average molecular weight is 455 g/mol. The summed E-state index contributed by atoms with van der Waals surface area (Å²) in [4.78, 5) is 18.1. The van der Waals surface area contributed by atoms with Gasteiger partial charge in [0.15, 0.2) is 0 Å². The third-order valence-corrected chi connectivity index (χ3v) is 7.16. The predicted molar refractivity (Wildman–Crippen MR) is 121 cm³/mol. The SMILES string of the molecule is O=C(NCCc1cn2ccccc2n1)c1ccc(S(=O)(=O)NCCc2cccs2)cc1. The van der Waals surface area contributed by atoms with E-state index in [9.17, 15) is 13.2 Å². The smallest absolute Gasteiger partial charge is 0.251 e. The molecule has 0 saturated heterocycles. The Hall–Kier alpha value is -3.01. The molecule has 9 heteroatoms. The van der Waals surface area contributed by atoms with Crippen LogP contribution in [0.15, 0.2) is 77.3 Å². The van der Waals surface area contributed by atoms with E-state index in [1.165, 1.54) is 24.3 Å². The molecule has 0 atom stereocenters. The number of benzene rings is 1. The maximum atomic E-state index is 12.4. The largest absolute Gasteiger partial charge is 0.352 e. The van der Waals surface area contributed by atoms with E-state index in [0.717, 1.165) is 16.2 Å². The molecular weight excluding hydrogens is 432 g/mol. The van der Waals surface area contributed by atoms with Gasteiger partial charge in [-0.25, -0.2) is 18.1 Å². The molecule has 0 bridgehead atoms. The van der Waals surface area contributed by atoms with Crippen molar-refractivity contribution in [2.45, 2.75) is 17.7 Å². The fraction of sp³-hybridized carbons (Fsp3) is 0.182. The Bertz CT molecular complexity index is 1230. The zero-order valence-electron chi connectivity index (χ0n) is 16.7. The molecule has 7 nitrogen and oxygen atoms in total. The molecule has 3 aromatic heterocycles. The standard InChI is InChI=1S/C22H22N4O3S2/c27-22(23-12-10-18-16-26-14-2-1-5-21(26)25-18)17-6-8-20(9-7-17)31(28,29)24-13-11-19-4-3-15-30-19/h1-9,14-16,24H,10-13H2,(H,23,27). The van der Waals surface area contributed by atoms with Crippen molar-refractivity contribution in [1.82, 2.24) is 19.4 Å². The number of pyridine rings is 1. The number of imidazole rings is 1. The molecular formula is C22H22N4O3S2. The van der Waals surface area contributed by atoms with Crippen molar-refractivity contribution in [2.75, 3.05) is 13.1 Å². The van der Waals surface area contributed by atoms with Gasteiger partial charge in [0.2, 0.25) is 10.0 Å². The quantitative estimate of drug-likeness (QED) is 0.407. The highest BCUT2D eigenvalue weighted by molar-refractivity contribution is 7.89. The van der Waals surface area contributed by atoms with Crippen LogP contribution >= 0.6 is 11.3 Å². The molecule has 0 saturated carbocycles. The number of sulfonamides is 1. The fourth-order valence-corrected chi connectivity index (χ4v) is 4.89. The van der Waals surface area contributed by atoms with Crippen LogP contribution in [0.1, 0.15) is 20.9 Å². The molecule has 160 valence electrons. The second kappa shape index (κ2) is 9.42. The molecule has 0 spiro atoms. The van der Waals surface area contributed by atoms with Crippen molar-refractivity contribution in [1.29, 1.82) is 0 Å². The summed E-state index contributed by atoms with van der Waals surface area (Å²) >= 11 is 1.60. The van der Waals surface area contributed by atoms with Crippen LogP contribution in [0, 0.1) is 0 Å². The molecule has 3 heterocycles. The van der Waals surface area contributed by atoms with E-state index in [2.05, 4.69) is 15.0 Å². The number of aromatic nitrogens is 2. The van der Waals surface area contributed by atoms with Crippen LogP contribution in [0.25, 0.3) is 5.65 Å². The fourth-order valence-electron chi connectivity index (χ4n) is 3.15. The van der Waals surface area contributed by atoms with Crippen molar-refractivity contribution in [2.24, 2.45) is 0 Å². The summed E-state index contributed by atoms with van der Waals surface area (Å²) in [6.07, 6.45) is 5.11. The van der Waals surface area contributed by atoms with Gasteiger partial charge in [-0.2, -0.15) is 0 Å². The second-order valence-corrected chi connectivity index (χ2v) is 9.75. The van der Waals surface area contributed by atoms with Gasteiger partial charge in [-0.3, -0.25) is 4.79 Å². The summed E-state index contributed by atoms with van der Waals surface area (Å²) in [5.41, 5.74) is 2.17. The van der Waals surface area contributed by atoms with E-state index in [-0.39, 0.29) is 10.8 Å². The minimum Gasteiger partial charge on any atom is -0.352 e. The Kier molecular flexibility index (Phi) is 6.45. The summed E-state index contributed by atoms with van der Waals surface area (Å²) in [7, 11) is -3.61. The minimum atomic E-state index is -3.61. The highest BCUT2D eigenvalue weighted by atomic mass is 32.2. The van der Waals surface area contributed by atoms with Gasteiger partial charge in [0.25, 0.3) is 5.91 Å². The molecule has 4 aromatic rings. The molecule has 0 unspecified atom stereocenters. The number of nitrogens with one attached hydrogen (secondary N) is 2. The number of carbonyl (C=O) groups is 1. The molecule has 0 radical (unpaired) electrons. The molecule has 1 amide bonds. The molecule has 1 aromatic carbocycles. The number of hydrogen-bond donors (Lipinski definition) is 2. The van der Waals surface area contributed by atoms with Gasteiger partial charge in [-0.15, -0.1) is 11.3 Å². The number of carbonyl (C=O) groups excluding carboxylic acids is 1. The number of hydrogen-bond acceptors (Lipinski definition) is 5. The molecule has 2 N–H and O–H groups in total. The van der Waals surface area contributed by atoms with E-state index in [1.807, 2.05) is 52.5 Å². The van der Waals surface area contributed by atoms with Gasteiger partial charge in [0.05, 0.1) is 10.6 Å².